The second-order valence-electron chi connectivity index (χ2n) is 5.58. The monoisotopic (exact) mass is 288 g/mol. The minimum absolute atomic E-state index is 0.0819. The lowest BCUT2D eigenvalue weighted by atomic mass is 10.00. The molecule has 112 valence electrons. The number of methoxy groups -OCH3 is 1. The molecule has 5 nitrogen and oxygen atoms in total. The van der Waals surface area contributed by atoms with Gasteiger partial charge in [-0.3, -0.25) is 4.79 Å². The van der Waals surface area contributed by atoms with Crippen LogP contribution < -0.4 is 5.32 Å². The first-order valence-corrected chi connectivity index (χ1v) is 7.46. The standard InChI is InChI=1S/C16H20N2O3/c1-21-16(20)14-4-2-3-9-18(14)15(19)12-6-5-11-7-8-17-13(11)10-12/h5-6,10,14,17H,2-4,7-9H2,1H3. The van der Waals surface area contributed by atoms with E-state index in [9.17, 15) is 9.59 Å². The lowest BCUT2D eigenvalue weighted by Gasteiger charge is -2.33. The van der Waals surface area contributed by atoms with Gasteiger partial charge in [0.25, 0.3) is 5.91 Å². The van der Waals surface area contributed by atoms with E-state index >= 15 is 0 Å². The first-order valence-electron chi connectivity index (χ1n) is 7.46. The van der Waals surface area contributed by atoms with Gasteiger partial charge < -0.3 is 15.0 Å². The Bertz CT molecular complexity index is 571. The summed E-state index contributed by atoms with van der Waals surface area (Å²) in [5.41, 5.74) is 2.92. The van der Waals surface area contributed by atoms with Crippen LogP contribution in [0.1, 0.15) is 35.2 Å². The van der Waals surface area contributed by atoms with Gasteiger partial charge in [0.15, 0.2) is 0 Å². The molecule has 0 saturated carbocycles. The topological polar surface area (TPSA) is 58.6 Å². The van der Waals surface area contributed by atoms with Crippen LogP contribution in [0.5, 0.6) is 0 Å². The number of fused-ring (bicyclic) bond motifs is 1. The third-order valence-corrected chi connectivity index (χ3v) is 4.30. The summed E-state index contributed by atoms with van der Waals surface area (Å²) in [6, 6.07) is 5.31. The van der Waals surface area contributed by atoms with Crippen molar-refractivity contribution in [3.63, 3.8) is 0 Å². The van der Waals surface area contributed by atoms with Crippen LogP contribution in [0.4, 0.5) is 5.69 Å². The van der Waals surface area contributed by atoms with E-state index in [1.807, 2.05) is 18.2 Å². The molecule has 1 aromatic rings. The van der Waals surface area contributed by atoms with Crippen molar-refractivity contribution in [2.75, 3.05) is 25.5 Å². The summed E-state index contributed by atoms with van der Waals surface area (Å²) >= 11 is 0. The molecule has 0 radical (unpaired) electrons. The number of rotatable bonds is 2. The molecular weight excluding hydrogens is 268 g/mol. The molecule has 1 unspecified atom stereocenters. The van der Waals surface area contributed by atoms with Crippen LogP contribution in [0.15, 0.2) is 18.2 Å². The Balaban J connectivity index is 1.84. The Morgan fingerprint density at radius 2 is 2.19 bits per heavy atom. The highest BCUT2D eigenvalue weighted by Crippen LogP contribution is 2.26. The summed E-state index contributed by atoms with van der Waals surface area (Å²) in [5, 5.41) is 3.28. The number of hydrogen-bond donors (Lipinski definition) is 1. The van der Waals surface area contributed by atoms with Gasteiger partial charge in [0.2, 0.25) is 0 Å². The molecule has 0 bridgehead atoms. The van der Waals surface area contributed by atoms with Crippen LogP contribution >= 0.6 is 0 Å². The van der Waals surface area contributed by atoms with Gasteiger partial charge in [0.1, 0.15) is 6.04 Å². The molecular formula is C16H20N2O3. The zero-order valence-corrected chi connectivity index (χ0v) is 12.2. The number of hydrogen-bond acceptors (Lipinski definition) is 4. The van der Waals surface area contributed by atoms with Crippen molar-refractivity contribution in [1.29, 1.82) is 0 Å². The molecule has 1 N–H and O–H groups in total. The fourth-order valence-electron chi connectivity index (χ4n) is 3.15. The fraction of sp³-hybridized carbons (Fsp3) is 0.500. The zero-order valence-electron chi connectivity index (χ0n) is 12.2. The number of likely N-dealkylation sites (tertiary alicyclic amines) is 1. The van der Waals surface area contributed by atoms with Crippen molar-refractivity contribution in [3.8, 4) is 0 Å². The van der Waals surface area contributed by atoms with Gasteiger partial charge in [0, 0.05) is 24.3 Å². The van der Waals surface area contributed by atoms with E-state index in [-0.39, 0.29) is 11.9 Å². The summed E-state index contributed by atoms with van der Waals surface area (Å²) < 4.78 is 4.83. The number of amides is 1. The Labute approximate surface area is 124 Å². The molecule has 2 aliphatic rings. The molecule has 2 aliphatic heterocycles. The van der Waals surface area contributed by atoms with Crippen molar-refractivity contribution >= 4 is 17.6 Å². The van der Waals surface area contributed by atoms with Crippen molar-refractivity contribution in [3.05, 3.63) is 29.3 Å². The van der Waals surface area contributed by atoms with Crippen molar-refractivity contribution in [2.45, 2.75) is 31.7 Å². The quantitative estimate of drug-likeness (QED) is 0.843. The lowest BCUT2D eigenvalue weighted by molar-refractivity contribution is -0.147. The van der Waals surface area contributed by atoms with E-state index in [2.05, 4.69) is 5.32 Å². The Morgan fingerprint density at radius 3 is 3.00 bits per heavy atom. The first-order chi connectivity index (χ1) is 10.2. The van der Waals surface area contributed by atoms with Crippen LogP contribution in [-0.2, 0) is 16.0 Å². The Morgan fingerprint density at radius 1 is 1.33 bits per heavy atom. The van der Waals surface area contributed by atoms with Gasteiger partial charge in [0.05, 0.1) is 7.11 Å². The predicted octanol–water partition coefficient (Wildman–Crippen LogP) is 1.82. The second-order valence-corrected chi connectivity index (χ2v) is 5.58. The third kappa shape index (κ3) is 2.60. The maximum Gasteiger partial charge on any atom is 0.328 e. The lowest BCUT2D eigenvalue weighted by Crippen LogP contribution is -2.48. The molecule has 0 aromatic heterocycles. The minimum atomic E-state index is -0.447. The molecule has 1 saturated heterocycles. The summed E-state index contributed by atoms with van der Waals surface area (Å²) in [5.74, 6) is -0.399. The highest BCUT2D eigenvalue weighted by Gasteiger charge is 2.33. The van der Waals surface area contributed by atoms with Gasteiger partial charge in [-0.15, -0.1) is 0 Å². The summed E-state index contributed by atoms with van der Waals surface area (Å²) in [4.78, 5) is 26.3. The number of nitrogens with one attached hydrogen (secondary N) is 1. The maximum absolute atomic E-state index is 12.7. The van der Waals surface area contributed by atoms with Gasteiger partial charge in [-0.2, -0.15) is 0 Å². The largest absolute Gasteiger partial charge is 0.467 e. The normalized spacial score (nSPS) is 20.6. The van der Waals surface area contributed by atoms with Gasteiger partial charge >= 0.3 is 5.97 Å². The average molecular weight is 288 g/mol. The number of piperidine rings is 1. The number of ether oxygens (including phenoxy) is 1. The second kappa shape index (κ2) is 5.76. The molecule has 1 amide bonds. The average Bonchev–Trinajstić information content (AvgIpc) is 3.01. The SMILES string of the molecule is COC(=O)C1CCCCN1C(=O)c1ccc2c(c1)NCC2. The number of anilines is 1. The minimum Gasteiger partial charge on any atom is -0.467 e. The highest BCUT2D eigenvalue weighted by molar-refractivity contribution is 5.98. The van der Waals surface area contributed by atoms with E-state index in [1.165, 1.54) is 12.7 Å². The number of benzene rings is 1. The van der Waals surface area contributed by atoms with Gasteiger partial charge in [-0.05, 0) is 43.4 Å². The van der Waals surface area contributed by atoms with Crippen LogP contribution in [0.25, 0.3) is 0 Å². The molecule has 3 rings (SSSR count). The smallest absolute Gasteiger partial charge is 0.328 e. The van der Waals surface area contributed by atoms with E-state index in [1.54, 1.807) is 4.90 Å². The number of carbonyl (C=O) groups excluding carboxylic acids is 2. The molecule has 1 atom stereocenters. The molecule has 2 heterocycles. The van der Waals surface area contributed by atoms with Crippen LogP contribution in [0.3, 0.4) is 0 Å². The van der Waals surface area contributed by atoms with Crippen LogP contribution in [0.2, 0.25) is 0 Å². The number of carbonyl (C=O) groups is 2. The number of esters is 1. The van der Waals surface area contributed by atoms with Crippen molar-refractivity contribution in [2.24, 2.45) is 0 Å². The molecule has 21 heavy (non-hydrogen) atoms. The Kier molecular flexibility index (Phi) is 3.82. The van der Waals surface area contributed by atoms with E-state index in [0.29, 0.717) is 18.5 Å². The Hall–Kier alpha value is -2.04. The zero-order chi connectivity index (χ0) is 14.8. The van der Waals surface area contributed by atoms with Gasteiger partial charge in [-0.25, -0.2) is 4.79 Å². The molecule has 5 heteroatoms. The van der Waals surface area contributed by atoms with E-state index in [0.717, 1.165) is 31.5 Å². The summed E-state index contributed by atoms with van der Waals surface area (Å²) in [6.45, 7) is 1.53. The molecule has 0 spiro atoms. The molecule has 1 aromatic carbocycles. The summed E-state index contributed by atoms with van der Waals surface area (Å²) in [7, 11) is 1.37. The fourth-order valence-corrected chi connectivity index (χ4v) is 3.15. The predicted molar refractivity (Wildman–Crippen MR) is 79.3 cm³/mol. The summed E-state index contributed by atoms with van der Waals surface area (Å²) in [6.07, 6.45) is 3.57. The van der Waals surface area contributed by atoms with Crippen LogP contribution in [-0.4, -0.2) is 43.0 Å². The van der Waals surface area contributed by atoms with Crippen molar-refractivity contribution < 1.29 is 14.3 Å². The first kappa shape index (κ1) is 13.9. The van der Waals surface area contributed by atoms with E-state index < -0.39 is 6.04 Å². The molecule has 1 fully saturated rings. The highest BCUT2D eigenvalue weighted by atomic mass is 16.5. The number of nitrogens with zero attached hydrogens (tertiary/aromatic N) is 1. The van der Waals surface area contributed by atoms with Crippen LogP contribution in [0, 0.1) is 0 Å². The third-order valence-electron chi connectivity index (χ3n) is 4.30. The van der Waals surface area contributed by atoms with Gasteiger partial charge in [-0.1, -0.05) is 6.07 Å². The van der Waals surface area contributed by atoms with Crippen molar-refractivity contribution in [1.82, 2.24) is 4.90 Å². The maximum atomic E-state index is 12.7. The molecule has 0 aliphatic carbocycles. The van der Waals surface area contributed by atoms with E-state index in [4.69, 9.17) is 4.74 Å².